The van der Waals surface area contributed by atoms with E-state index in [0.717, 1.165) is 16.7 Å². The summed E-state index contributed by atoms with van der Waals surface area (Å²) in [6.45, 7) is 0.828. The van der Waals surface area contributed by atoms with Gasteiger partial charge in [0, 0.05) is 0 Å². The van der Waals surface area contributed by atoms with E-state index in [1.807, 2.05) is 30.3 Å². The van der Waals surface area contributed by atoms with Crippen LogP contribution in [0, 0.1) is 0 Å². The molecule has 1 fully saturated rings. The van der Waals surface area contributed by atoms with Crippen LogP contribution in [0.4, 0.5) is 5.69 Å². The number of nitrogens with zero attached hydrogens (tertiary/aromatic N) is 2. The minimum absolute atomic E-state index is 0.0253. The molecule has 1 heterocycles. The predicted molar refractivity (Wildman–Crippen MR) is 66.3 cm³/mol. The highest BCUT2D eigenvalue weighted by atomic mass is 16.7. The van der Waals surface area contributed by atoms with Crippen molar-refractivity contribution in [2.24, 2.45) is 0 Å². The lowest BCUT2D eigenvalue weighted by Crippen LogP contribution is -2.41. The van der Waals surface area contributed by atoms with Gasteiger partial charge in [0.1, 0.15) is 12.6 Å². The Kier molecular flexibility index (Phi) is 3.17. The van der Waals surface area contributed by atoms with Gasteiger partial charge in [-0.05, 0) is 12.1 Å². The molecule has 0 spiro atoms. The first-order chi connectivity index (χ1) is 7.96. The van der Waals surface area contributed by atoms with Crippen molar-refractivity contribution in [2.45, 2.75) is 12.5 Å². The molecule has 1 aliphatic rings. The second kappa shape index (κ2) is 4.47. The standard InChI is InChI=1S/C13H19N2O2/c1-15(2,3)10-12-9-13(16)14(17-12)11-7-5-4-6-8-11/h4-8,12H,9-10H2,1-3H3/q+1. The Balaban J connectivity index is 2.06. The molecule has 0 aliphatic carbocycles. The SMILES string of the molecule is C[N+](C)(C)CC1CC(=O)N(c2ccccc2)O1. The van der Waals surface area contributed by atoms with Gasteiger partial charge >= 0.3 is 0 Å². The minimum Gasteiger partial charge on any atom is -0.329 e. The summed E-state index contributed by atoms with van der Waals surface area (Å²) in [5.74, 6) is 0.0367. The number of para-hydroxylation sites is 1. The maximum atomic E-state index is 11.9. The van der Waals surface area contributed by atoms with Crippen LogP contribution in [0.25, 0.3) is 0 Å². The van der Waals surface area contributed by atoms with Gasteiger partial charge in [-0.1, -0.05) is 18.2 Å². The number of hydrogen-bond acceptors (Lipinski definition) is 2. The zero-order valence-corrected chi connectivity index (χ0v) is 10.6. The molecule has 1 aromatic rings. The maximum Gasteiger partial charge on any atom is 0.253 e. The molecule has 0 bridgehead atoms. The average Bonchev–Trinajstić information content (AvgIpc) is 2.58. The Hall–Kier alpha value is -1.39. The summed E-state index contributed by atoms with van der Waals surface area (Å²) < 4.78 is 0.792. The largest absolute Gasteiger partial charge is 0.329 e. The topological polar surface area (TPSA) is 29.5 Å². The van der Waals surface area contributed by atoms with E-state index in [-0.39, 0.29) is 12.0 Å². The monoisotopic (exact) mass is 235 g/mol. The van der Waals surface area contributed by atoms with Crippen LogP contribution in [-0.4, -0.2) is 44.2 Å². The second-order valence-electron chi connectivity index (χ2n) is 5.43. The number of hydroxylamine groups is 1. The van der Waals surface area contributed by atoms with E-state index in [1.54, 1.807) is 0 Å². The molecule has 2 rings (SSSR count). The molecule has 17 heavy (non-hydrogen) atoms. The lowest BCUT2D eigenvalue weighted by atomic mass is 10.2. The number of carbonyl (C=O) groups is 1. The van der Waals surface area contributed by atoms with Crippen molar-refractivity contribution in [1.29, 1.82) is 0 Å². The molecule has 1 unspecified atom stereocenters. The van der Waals surface area contributed by atoms with Crippen molar-refractivity contribution < 1.29 is 14.1 Å². The number of benzene rings is 1. The second-order valence-corrected chi connectivity index (χ2v) is 5.43. The van der Waals surface area contributed by atoms with Gasteiger partial charge in [0.15, 0.2) is 0 Å². The maximum absolute atomic E-state index is 11.9. The Morgan fingerprint density at radius 2 is 1.94 bits per heavy atom. The van der Waals surface area contributed by atoms with E-state index in [9.17, 15) is 4.79 Å². The number of carbonyl (C=O) groups excluding carboxylic acids is 1. The van der Waals surface area contributed by atoms with Crippen LogP contribution in [0.15, 0.2) is 30.3 Å². The number of rotatable bonds is 3. The highest BCUT2D eigenvalue weighted by Crippen LogP contribution is 2.24. The Labute approximate surface area is 102 Å². The van der Waals surface area contributed by atoms with Crippen LogP contribution in [0.3, 0.4) is 0 Å². The summed E-state index contributed by atoms with van der Waals surface area (Å²) in [6, 6.07) is 9.49. The lowest BCUT2D eigenvalue weighted by Gasteiger charge is -2.26. The number of anilines is 1. The van der Waals surface area contributed by atoms with E-state index in [2.05, 4.69) is 21.1 Å². The fourth-order valence-corrected chi connectivity index (χ4v) is 2.00. The third-order valence-corrected chi connectivity index (χ3v) is 2.63. The smallest absolute Gasteiger partial charge is 0.253 e. The number of likely N-dealkylation sites (N-methyl/N-ethyl adjacent to an activating group) is 1. The quantitative estimate of drug-likeness (QED) is 0.742. The van der Waals surface area contributed by atoms with Crippen LogP contribution < -0.4 is 5.06 Å². The highest BCUT2D eigenvalue weighted by molar-refractivity contribution is 5.93. The van der Waals surface area contributed by atoms with E-state index < -0.39 is 0 Å². The van der Waals surface area contributed by atoms with Crippen LogP contribution in [0.1, 0.15) is 6.42 Å². The molecular formula is C13H19N2O2+. The number of quaternary nitrogens is 1. The summed E-state index contributed by atoms with van der Waals surface area (Å²) in [4.78, 5) is 17.6. The van der Waals surface area contributed by atoms with Crippen molar-refractivity contribution in [3.05, 3.63) is 30.3 Å². The van der Waals surface area contributed by atoms with Gasteiger partial charge in [-0.15, -0.1) is 0 Å². The Morgan fingerprint density at radius 1 is 1.29 bits per heavy atom. The predicted octanol–water partition coefficient (Wildman–Crippen LogP) is 1.43. The van der Waals surface area contributed by atoms with Crippen molar-refractivity contribution in [3.8, 4) is 0 Å². The minimum atomic E-state index is -0.0253. The molecule has 4 heteroatoms. The highest BCUT2D eigenvalue weighted by Gasteiger charge is 2.35. The molecule has 4 nitrogen and oxygen atoms in total. The molecule has 1 saturated heterocycles. The van der Waals surface area contributed by atoms with Crippen LogP contribution in [0.5, 0.6) is 0 Å². The summed E-state index contributed by atoms with van der Waals surface area (Å²) in [5.41, 5.74) is 0.807. The first kappa shape index (κ1) is 12.1. The van der Waals surface area contributed by atoms with E-state index in [4.69, 9.17) is 4.84 Å². The third kappa shape index (κ3) is 3.05. The van der Waals surface area contributed by atoms with Crippen LogP contribution in [0.2, 0.25) is 0 Å². The van der Waals surface area contributed by atoms with Gasteiger partial charge in [0.2, 0.25) is 0 Å². The average molecular weight is 235 g/mol. The van der Waals surface area contributed by atoms with E-state index in [0.29, 0.717) is 6.42 Å². The molecule has 0 saturated carbocycles. The van der Waals surface area contributed by atoms with Crippen molar-refractivity contribution in [2.75, 3.05) is 32.8 Å². The molecule has 0 aromatic heterocycles. The summed E-state index contributed by atoms with van der Waals surface area (Å²) in [5, 5.41) is 1.42. The fourth-order valence-electron chi connectivity index (χ4n) is 2.00. The Bertz CT molecular complexity index is 398. The van der Waals surface area contributed by atoms with Gasteiger partial charge in [0.25, 0.3) is 5.91 Å². The lowest BCUT2D eigenvalue weighted by molar-refractivity contribution is -0.873. The number of hydrogen-bond donors (Lipinski definition) is 0. The third-order valence-electron chi connectivity index (χ3n) is 2.63. The molecule has 0 radical (unpaired) electrons. The summed E-state index contributed by atoms with van der Waals surface area (Å²) >= 11 is 0. The zero-order valence-electron chi connectivity index (χ0n) is 10.6. The van der Waals surface area contributed by atoms with Gasteiger partial charge in [-0.25, -0.2) is 0 Å². The number of amides is 1. The molecule has 1 aromatic carbocycles. The van der Waals surface area contributed by atoms with Crippen molar-refractivity contribution in [3.63, 3.8) is 0 Å². The van der Waals surface area contributed by atoms with Crippen LogP contribution in [-0.2, 0) is 9.63 Å². The van der Waals surface area contributed by atoms with Crippen molar-refractivity contribution >= 4 is 11.6 Å². The van der Waals surface area contributed by atoms with Gasteiger partial charge in [0.05, 0.1) is 33.3 Å². The van der Waals surface area contributed by atoms with Gasteiger partial charge in [-0.3, -0.25) is 9.63 Å². The van der Waals surface area contributed by atoms with E-state index in [1.165, 1.54) is 5.06 Å². The first-order valence-electron chi connectivity index (χ1n) is 5.81. The summed E-state index contributed by atoms with van der Waals surface area (Å²) in [7, 11) is 6.29. The first-order valence-corrected chi connectivity index (χ1v) is 5.81. The molecule has 0 N–H and O–H groups in total. The summed E-state index contributed by atoms with van der Waals surface area (Å²) in [6.07, 6.45) is 0.437. The molecule has 92 valence electrons. The Morgan fingerprint density at radius 3 is 2.53 bits per heavy atom. The van der Waals surface area contributed by atoms with Gasteiger partial charge in [-0.2, -0.15) is 5.06 Å². The molecular weight excluding hydrogens is 216 g/mol. The normalized spacial score (nSPS) is 21.0. The van der Waals surface area contributed by atoms with Gasteiger partial charge < -0.3 is 4.48 Å². The molecule has 1 amide bonds. The fraction of sp³-hybridized carbons (Fsp3) is 0.462. The van der Waals surface area contributed by atoms with Crippen LogP contribution >= 0.6 is 0 Å². The molecule has 1 atom stereocenters. The molecule has 1 aliphatic heterocycles. The van der Waals surface area contributed by atoms with E-state index >= 15 is 0 Å². The zero-order chi connectivity index (χ0) is 12.5. The van der Waals surface area contributed by atoms with Crippen molar-refractivity contribution in [1.82, 2.24) is 0 Å².